The Morgan fingerprint density at radius 2 is 1.31 bits per heavy atom. The summed E-state index contributed by atoms with van der Waals surface area (Å²) in [5.74, 6) is 0. The number of aryl methyl sites for hydroxylation is 1. The molecular weight excluding hydrogens is 375 g/mol. The molecule has 1 heterocycles. The second-order valence-corrected chi connectivity index (χ2v) is 13.3. The van der Waals surface area contributed by atoms with Gasteiger partial charge in [0.05, 0.1) is 13.2 Å². The number of benzene rings is 1. The molecule has 2 unspecified atom stereocenters. The zero-order valence-electron chi connectivity index (χ0n) is 20.4. The third kappa shape index (κ3) is 4.46. The van der Waals surface area contributed by atoms with Gasteiger partial charge in [0.1, 0.15) is 0 Å². The average Bonchev–Trinajstić information content (AvgIpc) is 3.29. The highest BCUT2D eigenvalue weighted by atomic mass is 31.2. The molecule has 0 spiro atoms. The molecule has 29 heavy (non-hydrogen) atoms. The molecule has 0 bridgehead atoms. The second-order valence-electron chi connectivity index (χ2n) is 11.6. The first-order valence-corrected chi connectivity index (χ1v) is 12.9. The summed E-state index contributed by atoms with van der Waals surface area (Å²) in [7, 11) is -0.797. The topological polar surface area (TPSA) is 18.5 Å². The molecule has 3 rings (SSSR count). The first-order chi connectivity index (χ1) is 13.4. The highest BCUT2D eigenvalue weighted by Gasteiger charge is 2.66. The van der Waals surface area contributed by atoms with E-state index >= 15 is 0 Å². The molecule has 2 fully saturated rings. The van der Waals surface area contributed by atoms with Gasteiger partial charge in [-0.05, 0) is 60.1 Å². The van der Waals surface area contributed by atoms with Crippen molar-refractivity contribution in [1.29, 1.82) is 0 Å². The number of hydrogen-bond donors (Lipinski definition) is 0. The molecule has 1 saturated carbocycles. The van der Waals surface area contributed by atoms with Crippen LogP contribution in [0.5, 0.6) is 0 Å². The Hall–Kier alpha value is -0.430. The Morgan fingerprint density at radius 3 is 1.69 bits per heavy atom. The maximum atomic E-state index is 6.42. The van der Waals surface area contributed by atoms with E-state index in [1.54, 1.807) is 0 Å². The second kappa shape index (κ2) is 7.92. The summed E-state index contributed by atoms with van der Waals surface area (Å²) in [6.07, 6.45) is 5.77. The molecule has 0 aromatic heterocycles. The molecular formula is C26H43O2P. The summed E-state index contributed by atoms with van der Waals surface area (Å²) in [4.78, 5) is 0. The predicted octanol–water partition coefficient (Wildman–Crippen LogP) is 7.69. The van der Waals surface area contributed by atoms with E-state index in [-0.39, 0.29) is 10.8 Å². The largest absolute Gasteiger partial charge is 0.333 e. The fourth-order valence-corrected chi connectivity index (χ4v) is 6.92. The Balaban J connectivity index is 1.82. The average molecular weight is 419 g/mol. The Morgan fingerprint density at radius 1 is 0.862 bits per heavy atom. The van der Waals surface area contributed by atoms with E-state index in [0.717, 1.165) is 25.8 Å². The van der Waals surface area contributed by atoms with Gasteiger partial charge >= 0.3 is 0 Å². The van der Waals surface area contributed by atoms with Crippen molar-refractivity contribution in [3.05, 3.63) is 34.4 Å². The summed E-state index contributed by atoms with van der Waals surface area (Å²) in [6, 6.07) is 4.81. The van der Waals surface area contributed by atoms with Crippen LogP contribution in [0.15, 0.2) is 12.1 Å². The highest BCUT2D eigenvalue weighted by Crippen LogP contribution is 2.71. The number of fused-ring (bicyclic) bond motifs is 1. The van der Waals surface area contributed by atoms with Gasteiger partial charge in [0, 0.05) is 17.0 Å². The lowest BCUT2D eigenvalue weighted by molar-refractivity contribution is 0.199. The summed E-state index contributed by atoms with van der Waals surface area (Å²) in [6.45, 7) is 22.7. The van der Waals surface area contributed by atoms with Crippen molar-refractivity contribution in [1.82, 2.24) is 0 Å². The van der Waals surface area contributed by atoms with E-state index < -0.39 is 8.38 Å². The Bertz CT molecular complexity index is 687. The molecule has 3 heteroatoms. The van der Waals surface area contributed by atoms with Gasteiger partial charge in [0.25, 0.3) is 0 Å². The van der Waals surface area contributed by atoms with Gasteiger partial charge in [0.2, 0.25) is 0 Å². The fraction of sp³-hybridized carbons (Fsp3) is 0.769. The van der Waals surface area contributed by atoms with E-state index in [0.29, 0.717) is 10.8 Å². The quantitative estimate of drug-likeness (QED) is 0.456. The van der Waals surface area contributed by atoms with Gasteiger partial charge in [-0.3, -0.25) is 0 Å². The smallest absolute Gasteiger partial charge is 0.170 e. The van der Waals surface area contributed by atoms with Crippen LogP contribution in [0.1, 0.15) is 96.9 Å². The van der Waals surface area contributed by atoms with Crippen LogP contribution >= 0.6 is 8.38 Å². The standard InChI is InChI=1S/C26H43O2P/c1-10-25-16-26(25,11-2)18-28-29(27-17-25)13-12-20-21(23(4,5)6)14-19(3)15-22(20)24(7,8)9/h14-15H,10-13,16-18H2,1-9H3. The predicted molar refractivity (Wildman–Crippen MR) is 126 cm³/mol. The minimum Gasteiger partial charge on any atom is -0.333 e. The van der Waals surface area contributed by atoms with Crippen LogP contribution in [0.4, 0.5) is 0 Å². The molecule has 1 aromatic rings. The maximum Gasteiger partial charge on any atom is 0.170 e. The number of hydrogen-bond acceptors (Lipinski definition) is 2. The van der Waals surface area contributed by atoms with Crippen molar-refractivity contribution in [2.24, 2.45) is 10.8 Å². The van der Waals surface area contributed by atoms with Gasteiger partial charge < -0.3 is 9.05 Å². The Kier molecular flexibility index (Phi) is 6.35. The van der Waals surface area contributed by atoms with E-state index in [4.69, 9.17) is 9.05 Å². The molecule has 1 aromatic carbocycles. The lowest BCUT2D eigenvalue weighted by atomic mass is 9.74. The summed E-state index contributed by atoms with van der Waals surface area (Å²) < 4.78 is 12.8. The monoisotopic (exact) mass is 418 g/mol. The zero-order valence-corrected chi connectivity index (χ0v) is 21.3. The first kappa shape index (κ1) is 23.2. The molecule has 0 amide bonds. The molecule has 0 radical (unpaired) electrons. The molecule has 2 aliphatic rings. The van der Waals surface area contributed by atoms with Crippen LogP contribution in [0.2, 0.25) is 0 Å². The van der Waals surface area contributed by atoms with Gasteiger partial charge in [-0.15, -0.1) is 0 Å². The molecule has 164 valence electrons. The summed E-state index contributed by atoms with van der Waals surface area (Å²) in [5, 5.41) is 0. The molecule has 2 nitrogen and oxygen atoms in total. The number of rotatable bonds is 5. The van der Waals surface area contributed by atoms with Crippen molar-refractivity contribution in [2.45, 2.75) is 98.8 Å². The molecule has 2 atom stereocenters. The van der Waals surface area contributed by atoms with Crippen molar-refractivity contribution < 1.29 is 9.05 Å². The zero-order chi connectivity index (χ0) is 21.7. The van der Waals surface area contributed by atoms with Crippen molar-refractivity contribution in [3.8, 4) is 0 Å². The molecule has 0 N–H and O–H groups in total. The third-order valence-corrected chi connectivity index (χ3v) is 8.98. The van der Waals surface area contributed by atoms with Crippen molar-refractivity contribution >= 4 is 8.38 Å². The van der Waals surface area contributed by atoms with Crippen LogP contribution in [0.3, 0.4) is 0 Å². The van der Waals surface area contributed by atoms with E-state index in [2.05, 4.69) is 74.4 Å². The van der Waals surface area contributed by atoms with Crippen LogP contribution in [0.25, 0.3) is 0 Å². The van der Waals surface area contributed by atoms with Gasteiger partial charge in [-0.25, -0.2) is 0 Å². The fourth-order valence-electron chi connectivity index (χ4n) is 5.40. The lowest BCUT2D eigenvalue weighted by Gasteiger charge is -2.31. The van der Waals surface area contributed by atoms with E-state index in [9.17, 15) is 0 Å². The summed E-state index contributed by atoms with van der Waals surface area (Å²) in [5.41, 5.74) is 6.92. The first-order valence-electron chi connectivity index (χ1n) is 11.6. The summed E-state index contributed by atoms with van der Waals surface area (Å²) >= 11 is 0. The van der Waals surface area contributed by atoms with E-state index in [1.165, 1.54) is 41.5 Å². The highest BCUT2D eigenvalue weighted by molar-refractivity contribution is 7.47. The van der Waals surface area contributed by atoms with Gasteiger partial charge in [-0.1, -0.05) is 73.1 Å². The minimum atomic E-state index is -0.797. The lowest BCUT2D eigenvalue weighted by Crippen LogP contribution is -2.22. The third-order valence-electron chi connectivity index (χ3n) is 7.55. The minimum absolute atomic E-state index is 0.139. The van der Waals surface area contributed by atoms with Crippen molar-refractivity contribution in [3.63, 3.8) is 0 Å². The van der Waals surface area contributed by atoms with E-state index in [1.807, 2.05) is 0 Å². The Labute approximate surface area is 181 Å². The van der Waals surface area contributed by atoms with Gasteiger partial charge in [0.15, 0.2) is 8.38 Å². The normalized spacial score (nSPS) is 30.0. The molecule has 1 saturated heterocycles. The maximum absolute atomic E-state index is 6.42. The molecule has 1 aliphatic carbocycles. The molecule has 1 aliphatic heterocycles. The van der Waals surface area contributed by atoms with Crippen molar-refractivity contribution in [2.75, 3.05) is 19.4 Å². The van der Waals surface area contributed by atoms with Gasteiger partial charge in [-0.2, -0.15) is 0 Å². The van der Waals surface area contributed by atoms with Crippen LogP contribution in [0, 0.1) is 17.8 Å². The SMILES string of the molecule is CCC12COP(CCc3c(C(C)(C)C)cc(C)cc3C(C)(C)C)OCC1(CC)C2. The van der Waals surface area contributed by atoms with Crippen LogP contribution < -0.4 is 0 Å². The van der Waals surface area contributed by atoms with Crippen LogP contribution in [-0.2, 0) is 26.3 Å². The van der Waals surface area contributed by atoms with Crippen LogP contribution in [-0.4, -0.2) is 19.4 Å².